The van der Waals surface area contributed by atoms with E-state index in [1.807, 2.05) is 85.8 Å². The summed E-state index contributed by atoms with van der Waals surface area (Å²) in [6, 6.07) is 27.7. The highest BCUT2D eigenvalue weighted by molar-refractivity contribution is 6.08. The normalized spacial score (nSPS) is 20.8. The van der Waals surface area contributed by atoms with Crippen LogP contribution in [0.25, 0.3) is 0 Å². The van der Waals surface area contributed by atoms with E-state index in [4.69, 9.17) is 4.74 Å². The number of nitrogens with zero attached hydrogens (tertiary/aromatic N) is 3. The number of aliphatic hydroxyl groups excluding tert-OH is 2. The molecule has 3 amide bonds. The molecule has 0 bridgehead atoms. The van der Waals surface area contributed by atoms with Gasteiger partial charge in [-0.15, -0.1) is 0 Å². The molecular weight excluding hydrogens is 721 g/mol. The second-order valence-electron chi connectivity index (χ2n) is 15.1. The van der Waals surface area contributed by atoms with E-state index in [2.05, 4.69) is 5.32 Å². The Hall–Kier alpha value is -5.33. The van der Waals surface area contributed by atoms with Crippen molar-refractivity contribution in [2.45, 2.75) is 76.7 Å². The van der Waals surface area contributed by atoms with Crippen molar-refractivity contribution in [2.24, 2.45) is 5.92 Å². The number of carbonyl (C=O) groups is 3. The average molecular weight is 773 g/mol. The van der Waals surface area contributed by atoms with Gasteiger partial charge >= 0.3 is 0 Å². The number of unbranched alkanes of at least 4 members (excludes halogenated alkanes) is 1. The van der Waals surface area contributed by atoms with Gasteiger partial charge in [-0.25, -0.2) is 0 Å². The number of hydrogen-bond donors (Lipinski definition) is 4. The Morgan fingerprint density at radius 1 is 0.930 bits per heavy atom. The van der Waals surface area contributed by atoms with Crippen LogP contribution in [-0.2, 0) is 45.9 Å². The number of benzene rings is 4. The van der Waals surface area contributed by atoms with Crippen molar-refractivity contribution < 1.29 is 34.4 Å². The zero-order valence-electron chi connectivity index (χ0n) is 32.6. The topological polar surface area (TPSA) is 143 Å². The molecule has 4 aromatic rings. The van der Waals surface area contributed by atoms with Gasteiger partial charge in [0, 0.05) is 36.7 Å². The first-order valence-electron chi connectivity index (χ1n) is 20.0. The number of hydrogen-bond acceptors (Lipinski definition) is 8. The third kappa shape index (κ3) is 7.98. The van der Waals surface area contributed by atoms with E-state index in [0.717, 1.165) is 40.1 Å². The van der Waals surface area contributed by atoms with Crippen LogP contribution in [0.4, 0.5) is 17.1 Å². The number of amides is 3. The Morgan fingerprint density at radius 3 is 2.51 bits per heavy atom. The molecule has 0 spiro atoms. The molecular formula is C46H52N4O7. The fourth-order valence-electron chi connectivity index (χ4n) is 8.43. The summed E-state index contributed by atoms with van der Waals surface area (Å²) in [5.74, 6) is -0.638. The van der Waals surface area contributed by atoms with Gasteiger partial charge in [0.2, 0.25) is 11.8 Å². The minimum absolute atomic E-state index is 0.0652. The van der Waals surface area contributed by atoms with Crippen molar-refractivity contribution in [3.05, 3.63) is 131 Å². The van der Waals surface area contributed by atoms with Crippen LogP contribution in [0.1, 0.15) is 60.9 Å². The summed E-state index contributed by atoms with van der Waals surface area (Å²) in [4.78, 5) is 47.0. The maximum atomic E-state index is 14.4. The molecule has 0 saturated carbocycles. The maximum Gasteiger partial charge on any atom is 0.264 e. The number of ether oxygens (including phenoxy) is 1. The Bertz CT molecular complexity index is 2140. The molecule has 0 saturated heterocycles. The number of fused-ring (bicyclic) bond motifs is 3. The highest BCUT2D eigenvalue weighted by Crippen LogP contribution is 2.46. The van der Waals surface area contributed by atoms with Crippen molar-refractivity contribution in [1.29, 1.82) is 0 Å². The van der Waals surface area contributed by atoms with Gasteiger partial charge in [-0.3, -0.25) is 19.3 Å². The van der Waals surface area contributed by atoms with Crippen molar-refractivity contribution in [3.8, 4) is 5.75 Å². The highest BCUT2D eigenvalue weighted by Gasteiger charge is 2.52. The molecule has 0 aliphatic carbocycles. The largest absolute Gasteiger partial charge is 0.494 e. The van der Waals surface area contributed by atoms with Gasteiger partial charge in [-0.1, -0.05) is 73.7 Å². The molecule has 0 fully saturated rings. The predicted molar refractivity (Wildman–Crippen MR) is 219 cm³/mol. The number of anilines is 3. The molecule has 4 N–H and O–H groups in total. The molecule has 298 valence electrons. The van der Waals surface area contributed by atoms with Gasteiger partial charge in [-0.2, -0.15) is 0 Å². The van der Waals surface area contributed by atoms with Crippen molar-refractivity contribution >= 4 is 34.8 Å². The van der Waals surface area contributed by atoms with E-state index in [-0.39, 0.29) is 44.0 Å². The molecule has 57 heavy (non-hydrogen) atoms. The Labute approximate surface area is 334 Å². The average Bonchev–Trinajstić information content (AvgIpc) is 3.44. The summed E-state index contributed by atoms with van der Waals surface area (Å²) in [5, 5.41) is 35.0. The minimum Gasteiger partial charge on any atom is -0.494 e. The van der Waals surface area contributed by atoms with Crippen molar-refractivity contribution in [1.82, 2.24) is 10.2 Å². The lowest BCUT2D eigenvalue weighted by Gasteiger charge is -2.36. The van der Waals surface area contributed by atoms with Crippen LogP contribution < -0.4 is 19.9 Å². The smallest absolute Gasteiger partial charge is 0.264 e. The van der Waals surface area contributed by atoms with Crippen LogP contribution in [0.3, 0.4) is 0 Å². The van der Waals surface area contributed by atoms with Gasteiger partial charge in [0.25, 0.3) is 5.91 Å². The van der Waals surface area contributed by atoms with E-state index in [9.17, 15) is 29.7 Å². The van der Waals surface area contributed by atoms with E-state index < -0.39 is 23.5 Å². The van der Waals surface area contributed by atoms with Gasteiger partial charge in [0.05, 0.1) is 43.2 Å². The Kier molecular flexibility index (Phi) is 12.2. The van der Waals surface area contributed by atoms with E-state index in [1.165, 1.54) is 0 Å². The minimum atomic E-state index is -1.87. The summed E-state index contributed by atoms with van der Waals surface area (Å²) in [7, 11) is 0. The van der Waals surface area contributed by atoms with Gasteiger partial charge in [-0.05, 0) is 97.8 Å². The Balaban J connectivity index is 1.10. The zero-order valence-corrected chi connectivity index (χ0v) is 32.6. The summed E-state index contributed by atoms with van der Waals surface area (Å²) in [6.07, 6.45) is 5.98. The van der Waals surface area contributed by atoms with Crippen LogP contribution in [0.15, 0.2) is 103 Å². The lowest BCUT2D eigenvalue weighted by Crippen LogP contribution is -2.49. The fraction of sp³-hybridized carbons (Fsp3) is 0.370. The third-order valence-electron chi connectivity index (χ3n) is 11.5. The SMILES string of the molecule is CCOc1ccc2c(c1)CC(NCCCCO)C(=O)N2c1cccc(CN2C(=O)[C@](O)([C@H](C)/C=C/CC(=O)N3Cc4ccccc4C[C@H]3CO)c3ccccc32)c1. The lowest BCUT2D eigenvalue weighted by atomic mass is 9.83. The van der Waals surface area contributed by atoms with Crippen molar-refractivity contribution in [2.75, 3.05) is 36.2 Å². The zero-order chi connectivity index (χ0) is 40.1. The Morgan fingerprint density at radius 2 is 1.72 bits per heavy atom. The van der Waals surface area contributed by atoms with Gasteiger partial charge in [0.15, 0.2) is 5.60 Å². The van der Waals surface area contributed by atoms with Crippen LogP contribution >= 0.6 is 0 Å². The van der Waals surface area contributed by atoms with Crippen molar-refractivity contribution in [3.63, 3.8) is 0 Å². The number of aliphatic hydroxyl groups is 3. The molecule has 4 aromatic carbocycles. The molecule has 3 aliphatic rings. The van der Waals surface area contributed by atoms with Crippen LogP contribution in [0, 0.1) is 5.92 Å². The molecule has 0 aromatic heterocycles. The maximum absolute atomic E-state index is 14.4. The molecule has 4 atom stereocenters. The van der Waals surface area contributed by atoms with E-state index in [1.54, 1.807) is 45.9 Å². The molecule has 3 heterocycles. The predicted octanol–water partition coefficient (Wildman–Crippen LogP) is 5.30. The summed E-state index contributed by atoms with van der Waals surface area (Å²) in [5.41, 5.74) is 4.57. The molecule has 11 heteroatoms. The quantitative estimate of drug-likeness (QED) is 0.0943. The highest BCUT2D eigenvalue weighted by atomic mass is 16.5. The van der Waals surface area contributed by atoms with Crippen LogP contribution in [0.5, 0.6) is 5.75 Å². The fourth-order valence-corrected chi connectivity index (χ4v) is 8.43. The second kappa shape index (κ2) is 17.4. The first-order valence-corrected chi connectivity index (χ1v) is 20.0. The number of carbonyl (C=O) groups excluding carboxylic acids is 3. The van der Waals surface area contributed by atoms with Crippen LogP contribution in [-0.4, -0.2) is 76.4 Å². The number of rotatable bonds is 15. The number of nitrogens with one attached hydrogen (secondary N) is 1. The molecule has 11 nitrogen and oxygen atoms in total. The molecule has 3 aliphatic heterocycles. The number of para-hydroxylation sites is 1. The van der Waals surface area contributed by atoms with Gasteiger partial charge < -0.3 is 35.2 Å². The first-order chi connectivity index (χ1) is 27.7. The lowest BCUT2D eigenvalue weighted by molar-refractivity contribution is -0.139. The second-order valence-corrected chi connectivity index (χ2v) is 15.1. The molecule has 1 unspecified atom stereocenters. The van der Waals surface area contributed by atoms with Crippen LogP contribution in [0.2, 0.25) is 0 Å². The summed E-state index contributed by atoms with van der Waals surface area (Å²) < 4.78 is 5.79. The first kappa shape index (κ1) is 39.9. The van der Waals surface area contributed by atoms with E-state index in [0.29, 0.717) is 55.9 Å². The van der Waals surface area contributed by atoms with E-state index >= 15 is 0 Å². The molecule has 7 rings (SSSR count). The van der Waals surface area contributed by atoms with Gasteiger partial charge in [0.1, 0.15) is 5.75 Å². The summed E-state index contributed by atoms with van der Waals surface area (Å²) in [6.45, 7) is 5.36. The third-order valence-corrected chi connectivity index (χ3v) is 11.5. The summed E-state index contributed by atoms with van der Waals surface area (Å²) >= 11 is 0. The monoisotopic (exact) mass is 772 g/mol. The standard InChI is InChI=1S/C46H52N4O7/c1-3-57-38-20-21-41-35(26-38)27-40(47-22-8-9-23-51)44(54)50(41)36-16-11-13-32(24-36)28-49-42-18-7-6-17-39(42)46(56,45(49)55)31(2)12-10-19-43(53)48-29-34-15-5-4-14-33(34)25-37(48)30-52/h4-7,10-18,20-21,24,26,31,37,40,47,51-52,56H,3,8-9,19,22-23,25,27-30H2,1-2H3/b12-10+/t31-,37+,40?,46+/m1/s1. The molecule has 0 radical (unpaired) electrons.